The molecule has 6 amide bonds. The van der Waals surface area contributed by atoms with Crippen LogP contribution in [0.2, 0.25) is 0 Å². The number of nitrogens with zero attached hydrogens (tertiary/aromatic N) is 6. The summed E-state index contributed by atoms with van der Waals surface area (Å²) in [5, 5.41) is 11.4. The maximum atomic E-state index is 15.6. The van der Waals surface area contributed by atoms with Crippen LogP contribution in [-0.4, -0.2) is 126 Å². The van der Waals surface area contributed by atoms with Crippen LogP contribution in [-0.2, 0) is 14.4 Å². The third-order valence-corrected chi connectivity index (χ3v) is 13.8. The molecule has 3 aromatic rings. The molecule has 5 heterocycles. The minimum absolute atomic E-state index is 0.0151. The minimum atomic E-state index is -3.63. The first-order chi connectivity index (χ1) is 32.7. The Bertz CT molecular complexity index is 2430. The molecule has 2 saturated heterocycles. The van der Waals surface area contributed by atoms with Gasteiger partial charge in [-0.2, -0.15) is 13.8 Å². The lowest BCUT2D eigenvalue weighted by atomic mass is 10.0. The molecule has 20 heteroatoms. The number of imide groups is 2. The van der Waals surface area contributed by atoms with E-state index < -0.39 is 59.8 Å². The number of benzene rings is 2. The van der Waals surface area contributed by atoms with Crippen molar-refractivity contribution < 1.29 is 46.7 Å². The van der Waals surface area contributed by atoms with Crippen molar-refractivity contribution in [1.82, 2.24) is 30.4 Å². The molecule has 5 aliphatic rings. The second kappa shape index (κ2) is 20.9. The third kappa shape index (κ3) is 10.4. The zero-order valence-corrected chi connectivity index (χ0v) is 38.5. The summed E-state index contributed by atoms with van der Waals surface area (Å²) in [6, 6.07) is 6.14. The maximum absolute atomic E-state index is 15.6. The molecule has 4 N–H and O–H groups in total. The van der Waals surface area contributed by atoms with E-state index in [0.29, 0.717) is 25.1 Å². The highest BCUT2D eigenvalue weighted by molar-refractivity contribution is 6.25. The number of unbranched alkanes of at least 4 members (excludes halogenated alkanes) is 6. The van der Waals surface area contributed by atoms with Gasteiger partial charge in [0.1, 0.15) is 23.3 Å². The molecular formula is C48H59F3N10O7. The minimum Gasteiger partial charge on any atom is -0.495 e. The molecule has 2 aromatic carbocycles. The van der Waals surface area contributed by atoms with Crippen molar-refractivity contribution in [3.05, 3.63) is 59.0 Å². The molecule has 4 aliphatic heterocycles. The fraction of sp³-hybridized carbons (Fsp3) is 0.542. The highest BCUT2D eigenvalue weighted by Crippen LogP contribution is 2.40. The molecular weight excluding hydrogens is 886 g/mol. The number of piperidine rings is 2. The number of alkyl halides is 2. The molecule has 17 nitrogen and oxygen atoms in total. The van der Waals surface area contributed by atoms with E-state index in [-0.39, 0.29) is 70.5 Å². The van der Waals surface area contributed by atoms with E-state index in [9.17, 15) is 28.8 Å². The van der Waals surface area contributed by atoms with Gasteiger partial charge in [-0.05, 0) is 69.7 Å². The number of ether oxygens (including phenoxy) is 1. The lowest BCUT2D eigenvalue weighted by Crippen LogP contribution is -2.54. The van der Waals surface area contributed by atoms with E-state index in [1.807, 2.05) is 0 Å². The lowest BCUT2D eigenvalue weighted by molar-refractivity contribution is -0.140. The Morgan fingerprint density at radius 1 is 0.912 bits per heavy atom. The van der Waals surface area contributed by atoms with Crippen LogP contribution in [0.5, 0.6) is 5.75 Å². The number of hydrogen-bond donors (Lipinski definition) is 4. The Morgan fingerprint density at radius 2 is 1.63 bits per heavy atom. The molecule has 0 spiro atoms. The average molecular weight is 945 g/mol. The summed E-state index contributed by atoms with van der Waals surface area (Å²) in [4.78, 5) is 91.0. The fourth-order valence-electron chi connectivity index (χ4n) is 10.0. The van der Waals surface area contributed by atoms with E-state index in [4.69, 9.17) is 4.74 Å². The standard InChI is InChI=1S/C48H59F3N10O7/c1-58-37-27-53-47(57-41(37)60(30-13-8-9-14-30)28-48(50,51)46(58)67)55-35-26-33(49)32(25-38(35)68-2)42(63)54-29-19-23-59(24-20-29)22-11-7-5-3-4-6-10-21-52-34-16-12-15-31-40(34)45(66)61(44(31)65)36-17-18-39(62)56-43(36)64/h12,15-16,25-27,29-30,36,52H,3-11,13-14,17-24,28H2,1-2H3,(H,54,63)(H,53,55,57)(H,56,62,64). The van der Waals surface area contributed by atoms with Gasteiger partial charge in [-0.15, -0.1) is 0 Å². The number of carbonyl (C=O) groups is 6. The second-order valence-electron chi connectivity index (χ2n) is 18.4. The van der Waals surface area contributed by atoms with Crippen LogP contribution in [0.15, 0.2) is 36.5 Å². The number of aromatic nitrogens is 2. The summed E-state index contributed by atoms with van der Waals surface area (Å²) in [6.45, 7) is 2.40. The number of anilines is 5. The first kappa shape index (κ1) is 48.2. The molecule has 1 unspecified atom stereocenters. The molecule has 1 aliphatic carbocycles. The fourth-order valence-corrected chi connectivity index (χ4v) is 10.0. The Morgan fingerprint density at radius 3 is 2.35 bits per heavy atom. The van der Waals surface area contributed by atoms with Crippen LogP contribution in [0.1, 0.15) is 127 Å². The molecule has 1 atom stereocenters. The number of carbonyl (C=O) groups excluding carboxylic acids is 6. The van der Waals surface area contributed by atoms with Crippen LogP contribution in [0.4, 0.5) is 42.0 Å². The Balaban J connectivity index is 0.733. The van der Waals surface area contributed by atoms with Gasteiger partial charge in [0.05, 0.1) is 42.2 Å². The van der Waals surface area contributed by atoms with E-state index in [1.54, 1.807) is 18.2 Å². The van der Waals surface area contributed by atoms with E-state index in [1.165, 1.54) is 31.3 Å². The zero-order valence-electron chi connectivity index (χ0n) is 38.5. The number of methoxy groups -OCH3 is 1. The monoisotopic (exact) mass is 944 g/mol. The predicted molar refractivity (Wildman–Crippen MR) is 247 cm³/mol. The van der Waals surface area contributed by atoms with Gasteiger partial charge < -0.3 is 35.4 Å². The Hall–Kier alpha value is -6.31. The molecule has 3 fully saturated rings. The van der Waals surface area contributed by atoms with Gasteiger partial charge in [0.25, 0.3) is 23.6 Å². The van der Waals surface area contributed by atoms with Crippen molar-refractivity contribution >= 4 is 64.3 Å². The number of amides is 6. The van der Waals surface area contributed by atoms with Crippen molar-refractivity contribution in [3.8, 4) is 5.75 Å². The number of halogens is 3. The largest absolute Gasteiger partial charge is 0.495 e. The summed E-state index contributed by atoms with van der Waals surface area (Å²) < 4.78 is 51.3. The predicted octanol–water partition coefficient (Wildman–Crippen LogP) is 6.17. The highest BCUT2D eigenvalue weighted by Gasteiger charge is 2.49. The number of fused-ring (bicyclic) bond motifs is 2. The van der Waals surface area contributed by atoms with E-state index >= 15 is 13.2 Å². The second-order valence-corrected chi connectivity index (χ2v) is 18.4. The Labute approximate surface area is 392 Å². The SMILES string of the molecule is COc1cc(C(=O)NC2CCN(CCCCCCCCCNc3cccc4c3C(=O)N(C3CCC(=O)NC3=O)C4=O)CC2)c(F)cc1Nc1ncc2c(n1)N(C1CCCC1)CC(F)(F)C(=O)N2C. The van der Waals surface area contributed by atoms with Crippen molar-refractivity contribution in [2.75, 3.05) is 67.3 Å². The summed E-state index contributed by atoms with van der Waals surface area (Å²) >= 11 is 0. The first-order valence-corrected chi connectivity index (χ1v) is 23.8. The molecule has 364 valence electrons. The van der Waals surface area contributed by atoms with Crippen LogP contribution < -0.4 is 35.8 Å². The summed E-state index contributed by atoms with van der Waals surface area (Å²) in [5.74, 6) is -8.09. The summed E-state index contributed by atoms with van der Waals surface area (Å²) in [7, 11) is 2.65. The average Bonchev–Trinajstić information content (AvgIpc) is 3.94. The van der Waals surface area contributed by atoms with Gasteiger partial charge in [0, 0.05) is 56.9 Å². The van der Waals surface area contributed by atoms with Crippen LogP contribution in [0.3, 0.4) is 0 Å². The smallest absolute Gasteiger partial charge is 0.342 e. The molecule has 0 radical (unpaired) electrons. The number of likely N-dealkylation sites (tertiary alicyclic amines) is 1. The molecule has 0 bridgehead atoms. The number of hydrogen-bond acceptors (Lipinski definition) is 13. The molecule has 1 aromatic heterocycles. The third-order valence-electron chi connectivity index (χ3n) is 13.8. The van der Waals surface area contributed by atoms with Crippen LogP contribution in [0.25, 0.3) is 0 Å². The normalized spacial score (nSPS) is 20.0. The van der Waals surface area contributed by atoms with Crippen LogP contribution >= 0.6 is 0 Å². The Kier molecular flexibility index (Phi) is 14.8. The van der Waals surface area contributed by atoms with Crippen LogP contribution in [0, 0.1) is 5.82 Å². The summed E-state index contributed by atoms with van der Waals surface area (Å²) in [5.41, 5.74) is 1.18. The number of rotatable bonds is 18. The maximum Gasteiger partial charge on any atom is 0.342 e. The zero-order chi connectivity index (χ0) is 48.1. The van der Waals surface area contributed by atoms with Crippen molar-refractivity contribution in [2.24, 2.45) is 0 Å². The summed E-state index contributed by atoms with van der Waals surface area (Å²) in [6.07, 6.45) is 13.4. The lowest BCUT2D eigenvalue weighted by Gasteiger charge is -2.32. The van der Waals surface area contributed by atoms with E-state index in [2.05, 4.69) is 36.1 Å². The quantitative estimate of drug-likeness (QED) is 0.0836. The molecule has 1 saturated carbocycles. The molecule has 8 rings (SSSR count). The van der Waals surface area contributed by atoms with E-state index in [0.717, 1.165) is 106 Å². The van der Waals surface area contributed by atoms with Gasteiger partial charge in [-0.25, -0.2) is 9.37 Å². The van der Waals surface area contributed by atoms with Crippen molar-refractivity contribution in [2.45, 2.75) is 120 Å². The highest BCUT2D eigenvalue weighted by atomic mass is 19.3. The topological polar surface area (TPSA) is 199 Å². The number of nitrogens with one attached hydrogen (secondary N) is 4. The van der Waals surface area contributed by atoms with Gasteiger partial charge >= 0.3 is 5.92 Å². The molecule has 68 heavy (non-hydrogen) atoms. The van der Waals surface area contributed by atoms with Crippen molar-refractivity contribution in [3.63, 3.8) is 0 Å². The van der Waals surface area contributed by atoms with Gasteiger partial charge in [-0.1, -0.05) is 51.0 Å². The van der Waals surface area contributed by atoms with Gasteiger partial charge in [0.2, 0.25) is 17.8 Å². The van der Waals surface area contributed by atoms with Gasteiger partial charge in [-0.3, -0.25) is 39.0 Å². The van der Waals surface area contributed by atoms with Gasteiger partial charge in [0.15, 0.2) is 5.82 Å². The van der Waals surface area contributed by atoms with Crippen molar-refractivity contribution in [1.29, 1.82) is 0 Å². The first-order valence-electron chi connectivity index (χ1n) is 23.8.